The van der Waals surface area contributed by atoms with E-state index in [-0.39, 0.29) is 17.9 Å². The Hall–Kier alpha value is -3.89. The summed E-state index contributed by atoms with van der Waals surface area (Å²) in [6.07, 6.45) is 0.659. The Bertz CT molecular complexity index is 1160. The Balaban J connectivity index is 1.64. The average Bonchev–Trinajstić information content (AvgIpc) is 3.17. The van der Waals surface area contributed by atoms with Gasteiger partial charge in [0.15, 0.2) is 6.61 Å². The van der Waals surface area contributed by atoms with Crippen LogP contribution in [-0.2, 0) is 19.1 Å². The van der Waals surface area contributed by atoms with Crippen molar-refractivity contribution in [1.29, 1.82) is 0 Å². The third-order valence-corrected chi connectivity index (χ3v) is 6.46. The highest BCUT2D eigenvalue weighted by Gasteiger charge is 2.45. The van der Waals surface area contributed by atoms with Gasteiger partial charge in [0.25, 0.3) is 17.6 Å². The lowest BCUT2D eigenvalue weighted by Crippen LogP contribution is -2.38. The summed E-state index contributed by atoms with van der Waals surface area (Å²) in [5.41, 5.74) is 6.20. The van der Waals surface area contributed by atoms with Crippen LogP contribution < -0.4 is 15.2 Å². The number of primary amides is 1. The summed E-state index contributed by atoms with van der Waals surface area (Å²) in [6, 6.07) is 12.5. The lowest BCUT2D eigenvalue weighted by atomic mass is 9.95. The smallest absolute Gasteiger partial charge is 0.295 e. The van der Waals surface area contributed by atoms with Gasteiger partial charge in [-0.1, -0.05) is 12.1 Å². The van der Waals surface area contributed by atoms with Gasteiger partial charge in [-0.3, -0.25) is 19.3 Å². The Labute approximate surface area is 215 Å². The maximum absolute atomic E-state index is 13.2. The van der Waals surface area contributed by atoms with Crippen LogP contribution in [0.3, 0.4) is 0 Å². The lowest BCUT2D eigenvalue weighted by molar-refractivity contribution is -0.140. The van der Waals surface area contributed by atoms with E-state index in [1.807, 2.05) is 0 Å². The lowest BCUT2D eigenvalue weighted by Gasteiger charge is -2.29. The molecule has 2 aromatic rings. The number of carbonyl (C=O) groups excluding carboxylic acids is 3. The molecule has 1 atom stereocenters. The Morgan fingerprint density at radius 1 is 1.03 bits per heavy atom. The van der Waals surface area contributed by atoms with Gasteiger partial charge >= 0.3 is 0 Å². The molecule has 2 aliphatic rings. The number of morpholine rings is 1. The van der Waals surface area contributed by atoms with Crippen molar-refractivity contribution < 1.29 is 33.7 Å². The number of hydrogen-bond donors (Lipinski definition) is 2. The maximum atomic E-state index is 13.2. The fourth-order valence-corrected chi connectivity index (χ4v) is 4.55. The van der Waals surface area contributed by atoms with Crippen LogP contribution in [0.1, 0.15) is 23.6 Å². The van der Waals surface area contributed by atoms with Crippen LogP contribution in [0.4, 0.5) is 0 Å². The first kappa shape index (κ1) is 26.2. The molecule has 0 aliphatic carbocycles. The number of aliphatic hydroxyl groups excluding tert-OH is 1. The third-order valence-electron chi connectivity index (χ3n) is 6.46. The van der Waals surface area contributed by atoms with Gasteiger partial charge in [0.2, 0.25) is 0 Å². The van der Waals surface area contributed by atoms with Crippen molar-refractivity contribution in [3.05, 3.63) is 65.2 Å². The van der Waals surface area contributed by atoms with E-state index in [4.69, 9.17) is 19.9 Å². The second kappa shape index (κ2) is 11.9. The molecular formula is C27H31N3O7. The van der Waals surface area contributed by atoms with Crippen molar-refractivity contribution in [2.75, 3.05) is 53.1 Å². The predicted octanol–water partition coefficient (Wildman–Crippen LogP) is 1.70. The van der Waals surface area contributed by atoms with Gasteiger partial charge in [-0.05, 0) is 48.4 Å². The van der Waals surface area contributed by atoms with Crippen molar-refractivity contribution in [2.24, 2.45) is 5.73 Å². The summed E-state index contributed by atoms with van der Waals surface area (Å²) in [5, 5.41) is 11.2. The molecule has 0 radical (unpaired) electrons. The molecule has 0 bridgehead atoms. The number of likely N-dealkylation sites (tertiary alicyclic amines) is 1. The quantitative estimate of drug-likeness (QED) is 0.281. The van der Waals surface area contributed by atoms with E-state index in [0.717, 1.165) is 19.6 Å². The first-order valence-corrected chi connectivity index (χ1v) is 12.1. The van der Waals surface area contributed by atoms with E-state index >= 15 is 0 Å². The highest BCUT2D eigenvalue weighted by atomic mass is 16.5. The molecular weight excluding hydrogens is 478 g/mol. The largest absolute Gasteiger partial charge is 0.507 e. The SMILES string of the molecule is COc1ccc(/C(O)=C2\C(=O)C(=O)N(CCCN3CCOCC3)C2c2ccc(OCC(N)=O)cc2)cc1. The molecule has 10 heteroatoms. The molecule has 3 N–H and O–H groups in total. The molecule has 37 heavy (non-hydrogen) atoms. The van der Waals surface area contributed by atoms with E-state index in [1.165, 1.54) is 12.0 Å². The Kier molecular flexibility index (Phi) is 8.42. The second-order valence-corrected chi connectivity index (χ2v) is 8.85. The van der Waals surface area contributed by atoms with Crippen LogP contribution in [0, 0.1) is 0 Å². The number of Topliss-reactive ketones (excluding diaryl/α,β-unsaturated/α-hetero) is 1. The van der Waals surface area contributed by atoms with E-state index in [1.54, 1.807) is 48.5 Å². The normalized spacial score (nSPS) is 19.7. The van der Waals surface area contributed by atoms with Crippen LogP contribution in [0.5, 0.6) is 11.5 Å². The molecule has 2 aromatic carbocycles. The number of benzene rings is 2. The minimum Gasteiger partial charge on any atom is -0.507 e. The van der Waals surface area contributed by atoms with Crippen LogP contribution in [-0.4, -0.2) is 85.6 Å². The topological polar surface area (TPSA) is 132 Å². The first-order valence-electron chi connectivity index (χ1n) is 12.1. The average molecular weight is 510 g/mol. The predicted molar refractivity (Wildman–Crippen MR) is 135 cm³/mol. The number of ketones is 1. The van der Waals surface area contributed by atoms with E-state index in [2.05, 4.69) is 4.90 Å². The molecule has 1 unspecified atom stereocenters. The minimum absolute atomic E-state index is 0.0207. The fraction of sp³-hybridized carbons (Fsp3) is 0.370. The molecule has 0 spiro atoms. The van der Waals surface area contributed by atoms with Crippen molar-refractivity contribution in [3.8, 4) is 11.5 Å². The van der Waals surface area contributed by atoms with Gasteiger partial charge in [-0.2, -0.15) is 0 Å². The zero-order chi connectivity index (χ0) is 26.4. The van der Waals surface area contributed by atoms with Crippen molar-refractivity contribution >= 4 is 23.4 Å². The highest BCUT2D eigenvalue weighted by molar-refractivity contribution is 6.46. The molecule has 2 aliphatic heterocycles. The second-order valence-electron chi connectivity index (χ2n) is 8.85. The molecule has 0 aromatic heterocycles. The number of ether oxygens (including phenoxy) is 3. The third kappa shape index (κ3) is 6.10. The van der Waals surface area contributed by atoms with Crippen molar-refractivity contribution in [3.63, 3.8) is 0 Å². The summed E-state index contributed by atoms with van der Waals surface area (Å²) >= 11 is 0. The van der Waals surface area contributed by atoms with Gasteiger partial charge in [0.1, 0.15) is 17.3 Å². The summed E-state index contributed by atoms with van der Waals surface area (Å²) in [7, 11) is 1.54. The van der Waals surface area contributed by atoms with E-state index in [0.29, 0.717) is 48.8 Å². The number of nitrogens with zero attached hydrogens (tertiary/aromatic N) is 2. The summed E-state index contributed by atoms with van der Waals surface area (Å²) in [4.78, 5) is 41.2. The van der Waals surface area contributed by atoms with Crippen LogP contribution >= 0.6 is 0 Å². The molecule has 2 heterocycles. The van der Waals surface area contributed by atoms with Crippen LogP contribution in [0.25, 0.3) is 5.76 Å². The number of carbonyl (C=O) groups is 3. The number of hydrogen-bond acceptors (Lipinski definition) is 8. The maximum Gasteiger partial charge on any atom is 0.295 e. The van der Waals surface area contributed by atoms with Gasteiger partial charge < -0.3 is 30.0 Å². The number of rotatable bonds is 10. The molecule has 4 rings (SSSR count). The van der Waals surface area contributed by atoms with E-state index in [9.17, 15) is 19.5 Å². The zero-order valence-electron chi connectivity index (χ0n) is 20.7. The first-order chi connectivity index (χ1) is 17.9. The van der Waals surface area contributed by atoms with Crippen LogP contribution in [0.2, 0.25) is 0 Å². The fourth-order valence-electron chi connectivity index (χ4n) is 4.55. The summed E-state index contributed by atoms with van der Waals surface area (Å²) in [5.74, 6) is -1.23. The molecule has 2 saturated heterocycles. The monoisotopic (exact) mass is 509 g/mol. The number of amides is 2. The standard InChI is InChI=1S/C27H31N3O7/c1-35-20-7-5-19(6-8-20)25(32)23-24(18-3-9-21(10-4-18)37-17-22(28)31)30(27(34)26(23)33)12-2-11-29-13-15-36-16-14-29/h3-10,24,32H,2,11-17H2,1H3,(H2,28,31)/b25-23+. The number of aliphatic hydroxyl groups is 1. The Morgan fingerprint density at radius 3 is 2.30 bits per heavy atom. The molecule has 2 fully saturated rings. The van der Waals surface area contributed by atoms with Gasteiger partial charge in [-0.25, -0.2) is 0 Å². The Morgan fingerprint density at radius 2 is 1.68 bits per heavy atom. The van der Waals surface area contributed by atoms with Crippen LogP contribution in [0.15, 0.2) is 54.1 Å². The van der Waals surface area contributed by atoms with Crippen molar-refractivity contribution in [1.82, 2.24) is 9.80 Å². The van der Waals surface area contributed by atoms with E-state index < -0.39 is 23.6 Å². The van der Waals surface area contributed by atoms with Gasteiger partial charge in [0.05, 0.1) is 31.9 Å². The van der Waals surface area contributed by atoms with Gasteiger partial charge in [0, 0.05) is 31.7 Å². The molecule has 0 saturated carbocycles. The summed E-state index contributed by atoms with van der Waals surface area (Å²) < 4.78 is 15.9. The van der Waals surface area contributed by atoms with Gasteiger partial charge in [-0.15, -0.1) is 0 Å². The minimum atomic E-state index is -0.781. The molecule has 2 amide bonds. The van der Waals surface area contributed by atoms with Crippen molar-refractivity contribution in [2.45, 2.75) is 12.5 Å². The zero-order valence-corrected chi connectivity index (χ0v) is 20.7. The number of nitrogens with two attached hydrogens (primary N) is 1. The summed E-state index contributed by atoms with van der Waals surface area (Å²) in [6.45, 7) is 3.84. The molecule has 10 nitrogen and oxygen atoms in total. The highest BCUT2D eigenvalue weighted by Crippen LogP contribution is 2.40. The molecule has 196 valence electrons. The number of methoxy groups -OCH3 is 1.